The van der Waals surface area contributed by atoms with E-state index in [2.05, 4.69) is 10.6 Å². The van der Waals surface area contributed by atoms with Crippen LogP contribution in [0.5, 0.6) is 23.0 Å². The molecule has 2 atom stereocenters. The number of carboxylic acids is 1. The molecule has 0 spiro atoms. The molecule has 3 N–H and O–H groups in total. The average molecular weight is 1010 g/mol. The van der Waals surface area contributed by atoms with Crippen molar-refractivity contribution in [2.24, 2.45) is 0 Å². The number of rotatable bonds is 22. The smallest absolute Gasteiger partial charge is 0.331 e. The number of methoxy groups -OCH3 is 2. The normalized spacial score (nSPS) is 11.5. The molecule has 13 nitrogen and oxygen atoms in total. The minimum atomic E-state index is -1.40. The summed E-state index contributed by atoms with van der Waals surface area (Å²) in [6, 6.07) is 36.7. The number of aliphatic carboxylic acids is 1. The number of Topliss-reactive ketones (excluding diaryl/α,β-unsaturated/α-hetero) is 1. The van der Waals surface area contributed by atoms with Gasteiger partial charge in [-0.3, -0.25) is 14.4 Å². The van der Waals surface area contributed by atoms with Gasteiger partial charge in [-0.15, -0.1) is 0 Å². The van der Waals surface area contributed by atoms with Crippen LogP contribution in [0, 0.1) is 0 Å². The van der Waals surface area contributed by atoms with Gasteiger partial charge in [-0.05, 0) is 43.3 Å². The fraction of sp³-hybridized carbons (Fsp3) is 0.216. The Morgan fingerprint density at radius 3 is 1.12 bits per heavy atom. The summed E-state index contributed by atoms with van der Waals surface area (Å²) in [5.74, 6) is -1.37. The second kappa shape index (κ2) is 26.9. The lowest BCUT2D eigenvalue weighted by molar-refractivity contribution is -0.142. The van der Waals surface area contributed by atoms with Crippen molar-refractivity contribution >= 4 is 70.0 Å². The maximum atomic E-state index is 12.5. The summed E-state index contributed by atoms with van der Waals surface area (Å²) in [6.45, 7) is 1.43. The number of benzene rings is 6. The summed E-state index contributed by atoms with van der Waals surface area (Å²) in [6.07, 6.45) is 0. The largest absolute Gasteiger partial charge is 0.485 e. The molecule has 2 unspecified atom stereocenters. The van der Waals surface area contributed by atoms with Crippen LogP contribution < -0.4 is 29.6 Å². The second-order valence-corrected chi connectivity index (χ2v) is 16.3. The Labute approximate surface area is 414 Å². The molecule has 0 aliphatic rings. The molecule has 2 amide bonds. The first kappa shape index (κ1) is 52.6. The van der Waals surface area contributed by atoms with E-state index in [1.54, 1.807) is 72.8 Å². The highest BCUT2D eigenvalue weighted by Gasteiger charge is 2.29. The molecule has 0 aliphatic carbocycles. The molecule has 0 heterocycles. The van der Waals surface area contributed by atoms with E-state index in [1.165, 1.54) is 21.1 Å². The first-order valence-electron chi connectivity index (χ1n) is 20.8. The molecule has 356 valence electrons. The zero-order valence-corrected chi connectivity index (χ0v) is 40.2. The highest BCUT2D eigenvalue weighted by molar-refractivity contribution is 6.32. The van der Waals surface area contributed by atoms with E-state index in [0.717, 1.165) is 16.7 Å². The average Bonchev–Trinajstić information content (AvgIpc) is 3.32. The maximum Gasteiger partial charge on any atom is 0.331 e. The van der Waals surface area contributed by atoms with Crippen LogP contribution >= 0.6 is 46.4 Å². The van der Waals surface area contributed by atoms with Crippen molar-refractivity contribution in [1.82, 2.24) is 10.6 Å². The van der Waals surface area contributed by atoms with Crippen LogP contribution in [0.3, 0.4) is 0 Å². The Morgan fingerprint density at radius 2 is 0.794 bits per heavy atom. The van der Waals surface area contributed by atoms with Crippen LogP contribution in [0.2, 0.25) is 20.1 Å². The summed E-state index contributed by atoms with van der Waals surface area (Å²) in [7, 11) is 2.75. The summed E-state index contributed by atoms with van der Waals surface area (Å²) in [5, 5.41) is 17.1. The van der Waals surface area contributed by atoms with E-state index >= 15 is 0 Å². The first-order valence-corrected chi connectivity index (χ1v) is 22.3. The number of ether oxygens (including phenoxy) is 6. The number of halogens is 4. The zero-order chi connectivity index (χ0) is 49.0. The number of hydrogen-bond acceptors (Lipinski definition) is 10. The number of nitrogens with one attached hydrogen (secondary N) is 2. The molecule has 0 aliphatic heterocycles. The highest BCUT2D eigenvalue weighted by atomic mass is 35.5. The Hall–Kier alpha value is -6.32. The predicted molar refractivity (Wildman–Crippen MR) is 260 cm³/mol. The standard InChI is InChI=1S/C26H25Cl2NO5.C25H23Cl2NO6/c1-17(30)25(29-24(31)16-32-2)20-10-7-13-23(33-14-18-8-3-5-11-21(18)27)26(20)34-15-19-9-4-6-12-22(19)28;1-32-15-22(29)28-23(25(30)31)18-9-6-12-21(33-13-16-7-2-4-10-19(16)26)24(18)34-14-17-8-3-5-11-20(17)27/h3-13,25H,14-16H2,1-2H3,(H,29,31);2-12,23H,13-15H2,1H3,(H,28,29)(H,30,31). The molecule has 0 saturated carbocycles. The number of amides is 2. The quantitative estimate of drug-likeness (QED) is 0.0592. The van der Waals surface area contributed by atoms with E-state index in [1.807, 2.05) is 60.7 Å². The molecule has 0 aromatic heterocycles. The van der Waals surface area contributed by atoms with Gasteiger partial charge in [0.25, 0.3) is 0 Å². The van der Waals surface area contributed by atoms with E-state index < -0.39 is 29.9 Å². The lowest BCUT2D eigenvalue weighted by Gasteiger charge is -2.22. The third-order valence-corrected chi connectivity index (χ3v) is 11.3. The Bertz CT molecular complexity index is 2490. The second-order valence-electron chi connectivity index (χ2n) is 14.7. The lowest BCUT2D eigenvalue weighted by Crippen LogP contribution is -2.36. The number of carboxylic acid groups (broad SMARTS) is 1. The van der Waals surface area contributed by atoms with Crippen molar-refractivity contribution in [2.75, 3.05) is 27.4 Å². The molecule has 0 fully saturated rings. The minimum Gasteiger partial charge on any atom is -0.485 e. The van der Waals surface area contributed by atoms with Gasteiger partial charge in [-0.25, -0.2) is 4.79 Å². The molecule has 0 saturated heterocycles. The van der Waals surface area contributed by atoms with Crippen molar-refractivity contribution in [2.45, 2.75) is 45.4 Å². The van der Waals surface area contributed by atoms with Gasteiger partial charge in [0.05, 0.1) is 0 Å². The summed E-state index contributed by atoms with van der Waals surface area (Å²) < 4.78 is 33.9. The molecule has 0 bridgehead atoms. The van der Waals surface area contributed by atoms with Gasteiger partial charge in [0.15, 0.2) is 34.8 Å². The molecule has 17 heteroatoms. The van der Waals surface area contributed by atoms with Crippen molar-refractivity contribution < 1.29 is 52.7 Å². The minimum absolute atomic E-state index is 0.0531. The van der Waals surface area contributed by atoms with Crippen LogP contribution in [0.25, 0.3) is 0 Å². The fourth-order valence-electron chi connectivity index (χ4n) is 6.47. The van der Waals surface area contributed by atoms with Crippen LogP contribution in [0.4, 0.5) is 0 Å². The molecule has 6 rings (SSSR count). The number of carbonyl (C=O) groups excluding carboxylic acids is 3. The van der Waals surface area contributed by atoms with Crippen LogP contribution in [-0.2, 0) is 55.1 Å². The van der Waals surface area contributed by atoms with Crippen molar-refractivity contribution in [3.05, 3.63) is 187 Å². The van der Waals surface area contributed by atoms with Crippen molar-refractivity contribution in [1.29, 1.82) is 0 Å². The SMILES string of the molecule is COCC(=O)NC(C(=O)O)c1cccc(OCc2ccccc2Cl)c1OCc1ccccc1Cl.COCC(=O)NC(C(C)=O)c1cccc(OCc2ccccc2Cl)c1OCc1ccccc1Cl. The maximum absolute atomic E-state index is 12.5. The molecule has 0 radical (unpaired) electrons. The van der Waals surface area contributed by atoms with E-state index in [0.29, 0.717) is 42.7 Å². The van der Waals surface area contributed by atoms with Gasteiger partial charge in [0, 0.05) is 67.7 Å². The van der Waals surface area contributed by atoms with E-state index in [9.17, 15) is 24.3 Å². The van der Waals surface area contributed by atoms with Crippen molar-refractivity contribution in [3.8, 4) is 23.0 Å². The topological polar surface area (TPSA) is 168 Å². The number of carbonyl (C=O) groups is 4. The third-order valence-electron chi connectivity index (χ3n) is 9.80. The number of hydrogen-bond donors (Lipinski definition) is 3. The van der Waals surface area contributed by atoms with Crippen LogP contribution in [0.1, 0.15) is 52.4 Å². The molecule has 6 aromatic rings. The number of ketones is 1. The summed E-state index contributed by atoms with van der Waals surface area (Å²) >= 11 is 25.1. The highest BCUT2D eigenvalue weighted by Crippen LogP contribution is 2.39. The molecular weight excluding hydrogens is 958 g/mol. The Balaban J connectivity index is 0.000000254. The number of para-hydroxylation sites is 2. The first-order chi connectivity index (χ1) is 32.8. The lowest BCUT2D eigenvalue weighted by atomic mass is 10.0. The van der Waals surface area contributed by atoms with Gasteiger partial charge >= 0.3 is 5.97 Å². The monoisotopic (exact) mass is 1000 g/mol. The molecular formula is C51H48Cl4N2O11. The third kappa shape index (κ3) is 15.4. The van der Waals surface area contributed by atoms with Crippen molar-refractivity contribution in [3.63, 3.8) is 0 Å². The molecule has 6 aromatic carbocycles. The van der Waals surface area contributed by atoms with Crippen LogP contribution in [0.15, 0.2) is 133 Å². The van der Waals surface area contributed by atoms with Gasteiger partial charge in [0.2, 0.25) is 11.8 Å². The van der Waals surface area contributed by atoms with Gasteiger partial charge in [-0.1, -0.05) is 143 Å². The Morgan fingerprint density at radius 1 is 0.471 bits per heavy atom. The molecule has 68 heavy (non-hydrogen) atoms. The van der Waals surface area contributed by atoms with E-state index in [4.69, 9.17) is 74.8 Å². The predicted octanol–water partition coefficient (Wildman–Crippen LogP) is 10.6. The Kier molecular flexibility index (Phi) is 20.8. The van der Waals surface area contributed by atoms with Gasteiger partial charge in [0.1, 0.15) is 45.7 Å². The fourth-order valence-corrected chi connectivity index (χ4v) is 7.23. The van der Waals surface area contributed by atoms with E-state index in [-0.39, 0.29) is 62.5 Å². The summed E-state index contributed by atoms with van der Waals surface area (Å²) in [5.41, 5.74) is 3.67. The van der Waals surface area contributed by atoms with Gasteiger partial charge < -0.3 is 44.2 Å². The van der Waals surface area contributed by atoms with Crippen LogP contribution in [-0.4, -0.2) is 56.1 Å². The summed E-state index contributed by atoms with van der Waals surface area (Å²) in [4.78, 5) is 48.9. The zero-order valence-electron chi connectivity index (χ0n) is 37.1. The van der Waals surface area contributed by atoms with Gasteiger partial charge in [-0.2, -0.15) is 0 Å².